The van der Waals surface area contributed by atoms with Crippen LogP contribution in [0, 0.1) is 0 Å². The van der Waals surface area contributed by atoms with E-state index < -0.39 is 5.54 Å². The zero-order valence-electron chi connectivity index (χ0n) is 14.3. The maximum Gasteiger partial charge on any atom is 0.246 e. The first-order chi connectivity index (χ1) is 11.0. The van der Waals surface area contributed by atoms with Crippen molar-refractivity contribution < 1.29 is 9.59 Å². The lowest BCUT2D eigenvalue weighted by molar-refractivity contribution is -0.135. The van der Waals surface area contributed by atoms with Crippen molar-refractivity contribution in [2.75, 3.05) is 18.4 Å². The van der Waals surface area contributed by atoms with Crippen molar-refractivity contribution in [3.63, 3.8) is 0 Å². The van der Waals surface area contributed by atoms with Crippen molar-refractivity contribution in [1.82, 2.24) is 10.2 Å². The van der Waals surface area contributed by atoms with Gasteiger partial charge in [-0.2, -0.15) is 0 Å². The Kier molecular flexibility index (Phi) is 5.64. The highest BCUT2D eigenvalue weighted by atomic mass is 16.2. The molecule has 2 rings (SSSR count). The number of carbonyl (C=O) groups is 2. The van der Waals surface area contributed by atoms with Crippen molar-refractivity contribution in [2.24, 2.45) is 0 Å². The molecule has 2 N–H and O–H groups in total. The third-order valence-corrected chi connectivity index (χ3v) is 4.28. The Morgan fingerprint density at radius 2 is 1.78 bits per heavy atom. The molecule has 5 nitrogen and oxygen atoms in total. The van der Waals surface area contributed by atoms with Crippen LogP contribution in [0.2, 0.25) is 0 Å². The van der Waals surface area contributed by atoms with Crippen molar-refractivity contribution in [2.45, 2.75) is 51.6 Å². The van der Waals surface area contributed by atoms with Crippen LogP contribution in [0.1, 0.15) is 40.0 Å². The third kappa shape index (κ3) is 4.24. The highest BCUT2D eigenvalue weighted by Crippen LogP contribution is 2.28. The number of nitrogens with one attached hydrogen (secondary N) is 2. The number of nitrogens with zero attached hydrogens (tertiary/aromatic N) is 1. The average molecular weight is 317 g/mol. The maximum atomic E-state index is 12.8. The van der Waals surface area contributed by atoms with E-state index in [1.54, 1.807) is 0 Å². The quantitative estimate of drug-likeness (QED) is 0.876. The predicted octanol–water partition coefficient (Wildman–Crippen LogP) is 2.39. The van der Waals surface area contributed by atoms with E-state index in [0.717, 1.165) is 5.69 Å². The van der Waals surface area contributed by atoms with E-state index >= 15 is 0 Å². The van der Waals surface area contributed by atoms with Crippen LogP contribution in [0.3, 0.4) is 0 Å². The van der Waals surface area contributed by atoms with E-state index in [1.807, 2.05) is 56.0 Å². The molecule has 1 heterocycles. The standard InChI is InChI=1S/C18H27N3O2/c1-4-16(22)21-12-10-18(11-13-21,17(23)19-14(2)3)20-15-8-6-5-7-9-15/h5-9,14,20H,4,10-13H2,1-3H3,(H,19,23). The number of likely N-dealkylation sites (tertiary alicyclic amines) is 1. The molecular weight excluding hydrogens is 290 g/mol. The van der Waals surface area contributed by atoms with Crippen molar-refractivity contribution in [3.8, 4) is 0 Å². The van der Waals surface area contributed by atoms with Gasteiger partial charge < -0.3 is 15.5 Å². The third-order valence-electron chi connectivity index (χ3n) is 4.28. The molecule has 0 aliphatic carbocycles. The summed E-state index contributed by atoms with van der Waals surface area (Å²) in [6.45, 7) is 7.02. The molecule has 23 heavy (non-hydrogen) atoms. The first kappa shape index (κ1) is 17.3. The summed E-state index contributed by atoms with van der Waals surface area (Å²) in [5.74, 6) is 0.169. The number of hydrogen-bond acceptors (Lipinski definition) is 3. The molecule has 0 radical (unpaired) electrons. The summed E-state index contributed by atoms with van der Waals surface area (Å²) >= 11 is 0. The van der Waals surface area contributed by atoms with E-state index in [1.165, 1.54) is 0 Å². The van der Waals surface area contributed by atoms with Gasteiger partial charge in [0.1, 0.15) is 5.54 Å². The molecule has 1 aromatic carbocycles. The fourth-order valence-electron chi connectivity index (χ4n) is 2.97. The number of carbonyl (C=O) groups excluding carboxylic acids is 2. The predicted molar refractivity (Wildman–Crippen MR) is 92.2 cm³/mol. The minimum absolute atomic E-state index is 0.0138. The van der Waals surface area contributed by atoms with Gasteiger partial charge in [-0.25, -0.2) is 0 Å². The second-order valence-corrected chi connectivity index (χ2v) is 6.44. The molecular formula is C18H27N3O2. The summed E-state index contributed by atoms with van der Waals surface area (Å²) in [5.41, 5.74) is 0.276. The number of para-hydroxylation sites is 1. The van der Waals surface area contributed by atoms with Gasteiger partial charge in [-0.3, -0.25) is 9.59 Å². The number of piperidine rings is 1. The largest absolute Gasteiger partial charge is 0.371 e. The lowest BCUT2D eigenvalue weighted by atomic mass is 9.85. The van der Waals surface area contributed by atoms with E-state index in [2.05, 4.69) is 10.6 Å². The highest BCUT2D eigenvalue weighted by Gasteiger charge is 2.42. The summed E-state index contributed by atoms with van der Waals surface area (Å²) in [6.07, 6.45) is 1.75. The molecule has 2 amide bonds. The summed E-state index contributed by atoms with van der Waals surface area (Å²) in [5, 5.41) is 6.45. The molecule has 1 saturated heterocycles. The fourth-order valence-corrected chi connectivity index (χ4v) is 2.97. The van der Waals surface area contributed by atoms with Crippen LogP contribution < -0.4 is 10.6 Å². The SMILES string of the molecule is CCC(=O)N1CCC(Nc2ccccc2)(C(=O)NC(C)C)CC1. The van der Waals surface area contributed by atoms with Gasteiger partial charge in [0.2, 0.25) is 11.8 Å². The number of benzene rings is 1. The molecule has 126 valence electrons. The first-order valence-corrected chi connectivity index (χ1v) is 8.39. The Hall–Kier alpha value is -2.04. The molecule has 0 saturated carbocycles. The van der Waals surface area contributed by atoms with Crippen molar-refractivity contribution in [1.29, 1.82) is 0 Å². The van der Waals surface area contributed by atoms with Crippen LogP contribution >= 0.6 is 0 Å². The molecule has 0 aromatic heterocycles. The van der Waals surface area contributed by atoms with Crippen LogP contribution in [-0.4, -0.2) is 41.4 Å². The lowest BCUT2D eigenvalue weighted by Gasteiger charge is -2.42. The maximum absolute atomic E-state index is 12.8. The van der Waals surface area contributed by atoms with Crippen LogP contribution in [0.5, 0.6) is 0 Å². The molecule has 0 spiro atoms. The van der Waals surface area contributed by atoms with Gasteiger partial charge in [0, 0.05) is 31.2 Å². The Balaban J connectivity index is 2.16. The van der Waals surface area contributed by atoms with Crippen LogP contribution in [-0.2, 0) is 9.59 Å². The Morgan fingerprint density at radius 3 is 2.30 bits per heavy atom. The van der Waals surface area contributed by atoms with Gasteiger partial charge in [-0.15, -0.1) is 0 Å². The van der Waals surface area contributed by atoms with Gasteiger partial charge >= 0.3 is 0 Å². The second kappa shape index (κ2) is 7.49. The lowest BCUT2D eigenvalue weighted by Crippen LogP contribution is -2.59. The van der Waals surface area contributed by atoms with E-state index in [9.17, 15) is 9.59 Å². The highest BCUT2D eigenvalue weighted by molar-refractivity contribution is 5.90. The smallest absolute Gasteiger partial charge is 0.246 e. The van der Waals surface area contributed by atoms with Crippen molar-refractivity contribution in [3.05, 3.63) is 30.3 Å². The summed E-state index contributed by atoms with van der Waals surface area (Å²) in [6, 6.07) is 9.88. The van der Waals surface area contributed by atoms with Gasteiger partial charge in [-0.1, -0.05) is 25.1 Å². The average Bonchev–Trinajstić information content (AvgIpc) is 2.55. The number of anilines is 1. The molecule has 0 atom stereocenters. The zero-order valence-corrected chi connectivity index (χ0v) is 14.3. The molecule has 1 aliphatic rings. The number of rotatable bonds is 5. The van der Waals surface area contributed by atoms with E-state index in [-0.39, 0.29) is 17.9 Å². The molecule has 1 aromatic rings. The Morgan fingerprint density at radius 1 is 1.17 bits per heavy atom. The normalized spacial score (nSPS) is 17.0. The van der Waals surface area contributed by atoms with Gasteiger partial charge in [-0.05, 0) is 38.8 Å². The minimum Gasteiger partial charge on any atom is -0.371 e. The zero-order chi connectivity index (χ0) is 16.9. The molecule has 1 fully saturated rings. The Labute approximate surface area is 138 Å². The summed E-state index contributed by atoms with van der Waals surface area (Å²) in [4.78, 5) is 26.5. The number of amides is 2. The van der Waals surface area contributed by atoms with Crippen LogP contribution in [0.25, 0.3) is 0 Å². The monoisotopic (exact) mass is 317 g/mol. The molecule has 5 heteroatoms. The van der Waals surface area contributed by atoms with Gasteiger partial charge in [0.15, 0.2) is 0 Å². The number of hydrogen-bond donors (Lipinski definition) is 2. The molecule has 0 unspecified atom stereocenters. The van der Waals surface area contributed by atoms with E-state index in [0.29, 0.717) is 32.4 Å². The van der Waals surface area contributed by atoms with Gasteiger partial charge in [0.05, 0.1) is 0 Å². The second-order valence-electron chi connectivity index (χ2n) is 6.44. The summed E-state index contributed by atoms with van der Waals surface area (Å²) < 4.78 is 0. The van der Waals surface area contributed by atoms with Crippen LogP contribution in [0.4, 0.5) is 5.69 Å². The topological polar surface area (TPSA) is 61.4 Å². The minimum atomic E-state index is -0.657. The first-order valence-electron chi connectivity index (χ1n) is 8.39. The molecule has 1 aliphatic heterocycles. The van der Waals surface area contributed by atoms with Crippen molar-refractivity contribution >= 4 is 17.5 Å². The Bertz CT molecular complexity index is 534. The molecule has 0 bridgehead atoms. The fraction of sp³-hybridized carbons (Fsp3) is 0.556. The van der Waals surface area contributed by atoms with Crippen LogP contribution in [0.15, 0.2) is 30.3 Å². The van der Waals surface area contributed by atoms with Gasteiger partial charge in [0.25, 0.3) is 0 Å². The van der Waals surface area contributed by atoms with E-state index in [4.69, 9.17) is 0 Å². The summed E-state index contributed by atoms with van der Waals surface area (Å²) in [7, 11) is 0.